The number of rotatable bonds is 4. The van der Waals surface area contributed by atoms with Crippen LogP contribution in [-0.4, -0.2) is 48.9 Å². The number of carbonyl (C=O) groups excluding carboxylic acids is 2. The Bertz CT molecular complexity index is 255. The molecule has 0 bridgehead atoms. The summed E-state index contributed by atoms with van der Waals surface area (Å²) in [5.74, 6) is -0.0526. The summed E-state index contributed by atoms with van der Waals surface area (Å²) < 4.78 is 0. The molecule has 1 unspecified atom stereocenters. The number of likely N-dealkylation sites (N-methyl/N-ethyl adjacent to an activating group) is 1. The van der Waals surface area contributed by atoms with E-state index in [1.807, 2.05) is 6.92 Å². The molecule has 0 aromatic heterocycles. The molecule has 1 saturated heterocycles. The molecule has 0 radical (unpaired) electrons. The van der Waals surface area contributed by atoms with Crippen molar-refractivity contribution in [3.05, 3.63) is 12.7 Å². The second kappa shape index (κ2) is 5.50. The summed E-state index contributed by atoms with van der Waals surface area (Å²) >= 11 is 0. The number of amides is 2. The van der Waals surface area contributed by atoms with Crippen LogP contribution in [0.15, 0.2) is 12.7 Å². The molecule has 1 fully saturated rings. The van der Waals surface area contributed by atoms with Gasteiger partial charge in [0.2, 0.25) is 11.8 Å². The van der Waals surface area contributed by atoms with Crippen LogP contribution in [-0.2, 0) is 9.59 Å². The fraction of sp³-hybridized carbons (Fsp3) is 0.600. The van der Waals surface area contributed by atoms with Gasteiger partial charge < -0.3 is 10.2 Å². The minimum atomic E-state index is -0.303. The van der Waals surface area contributed by atoms with Crippen LogP contribution in [0.2, 0.25) is 0 Å². The molecule has 0 saturated carbocycles. The number of hydrogen-bond donors (Lipinski definition) is 2. The van der Waals surface area contributed by atoms with Crippen LogP contribution in [0.5, 0.6) is 0 Å². The summed E-state index contributed by atoms with van der Waals surface area (Å²) in [6.07, 6.45) is 1.70. The molecule has 0 spiro atoms. The van der Waals surface area contributed by atoms with Crippen LogP contribution < -0.4 is 10.6 Å². The summed E-state index contributed by atoms with van der Waals surface area (Å²) in [4.78, 5) is 24.5. The predicted octanol–water partition coefficient (Wildman–Crippen LogP) is -0.891. The van der Waals surface area contributed by atoms with Gasteiger partial charge in [0.25, 0.3) is 0 Å². The first kappa shape index (κ1) is 11.7. The van der Waals surface area contributed by atoms with Crippen LogP contribution in [0.1, 0.15) is 6.92 Å². The van der Waals surface area contributed by atoms with E-state index in [0.29, 0.717) is 19.6 Å². The molecule has 84 valence electrons. The van der Waals surface area contributed by atoms with Gasteiger partial charge in [0.15, 0.2) is 0 Å². The fourth-order valence-electron chi connectivity index (χ4n) is 1.49. The maximum atomic E-state index is 11.9. The average molecular weight is 211 g/mol. The van der Waals surface area contributed by atoms with Crippen LogP contribution in [0, 0.1) is 0 Å². The van der Waals surface area contributed by atoms with Gasteiger partial charge in [-0.25, -0.2) is 0 Å². The molecule has 1 atom stereocenters. The molecule has 1 aliphatic rings. The summed E-state index contributed by atoms with van der Waals surface area (Å²) in [6, 6.07) is -0.303. The van der Waals surface area contributed by atoms with Crippen LogP contribution in [0.4, 0.5) is 0 Å². The van der Waals surface area contributed by atoms with E-state index in [9.17, 15) is 9.59 Å². The fourth-order valence-corrected chi connectivity index (χ4v) is 1.49. The Hall–Kier alpha value is -1.36. The van der Waals surface area contributed by atoms with Crippen molar-refractivity contribution in [2.24, 2.45) is 0 Å². The first-order valence-electron chi connectivity index (χ1n) is 5.08. The van der Waals surface area contributed by atoms with E-state index < -0.39 is 0 Å². The number of hydrogen-bond acceptors (Lipinski definition) is 3. The molecule has 1 rings (SSSR count). The minimum absolute atomic E-state index is 0.0115. The van der Waals surface area contributed by atoms with Crippen LogP contribution in [0.25, 0.3) is 0 Å². The average Bonchev–Trinajstić information content (AvgIpc) is 2.26. The van der Waals surface area contributed by atoms with Gasteiger partial charge >= 0.3 is 0 Å². The highest BCUT2D eigenvalue weighted by atomic mass is 16.2. The van der Waals surface area contributed by atoms with Gasteiger partial charge in [-0.1, -0.05) is 6.08 Å². The lowest BCUT2D eigenvalue weighted by atomic mass is 10.2. The molecule has 1 heterocycles. The first-order valence-corrected chi connectivity index (χ1v) is 5.08. The maximum absolute atomic E-state index is 11.9. The molecule has 1 aliphatic heterocycles. The van der Waals surface area contributed by atoms with E-state index in [0.717, 1.165) is 0 Å². The zero-order valence-corrected chi connectivity index (χ0v) is 8.95. The number of piperazine rings is 1. The van der Waals surface area contributed by atoms with E-state index in [4.69, 9.17) is 0 Å². The zero-order valence-electron chi connectivity index (χ0n) is 8.95. The van der Waals surface area contributed by atoms with Gasteiger partial charge in [-0.3, -0.25) is 14.9 Å². The Morgan fingerprint density at radius 3 is 2.93 bits per heavy atom. The number of carbonyl (C=O) groups is 2. The third-order valence-corrected chi connectivity index (χ3v) is 2.35. The second-order valence-corrected chi connectivity index (χ2v) is 3.40. The van der Waals surface area contributed by atoms with Gasteiger partial charge in [-0.2, -0.15) is 0 Å². The Morgan fingerprint density at radius 2 is 2.47 bits per heavy atom. The highest BCUT2D eigenvalue weighted by Crippen LogP contribution is 1.97. The van der Waals surface area contributed by atoms with Crippen molar-refractivity contribution in [2.75, 3.05) is 26.2 Å². The molecule has 5 heteroatoms. The second-order valence-electron chi connectivity index (χ2n) is 3.40. The van der Waals surface area contributed by atoms with E-state index >= 15 is 0 Å². The van der Waals surface area contributed by atoms with Crippen molar-refractivity contribution >= 4 is 11.8 Å². The van der Waals surface area contributed by atoms with Gasteiger partial charge in [-0.05, 0) is 6.92 Å². The molecule has 0 aromatic carbocycles. The largest absolute Gasteiger partial charge is 0.353 e. The predicted molar refractivity (Wildman–Crippen MR) is 57.3 cm³/mol. The summed E-state index contributed by atoms with van der Waals surface area (Å²) in [5, 5.41) is 5.56. The normalized spacial score (nSPS) is 20.6. The third kappa shape index (κ3) is 3.06. The Balaban J connectivity index is 2.51. The van der Waals surface area contributed by atoms with Gasteiger partial charge in [0, 0.05) is 19.6 Å². The molecular formula is C10H17N3O2. The topological polar surface area (TPSA) is 61.4 Å². The highest BCUT2D eigenvalue weighted by molar-refractivity contribution is 5.86. The summed E-state index contributed by atoms with van der Waals surface area (Å²) in [6.45, 7) is 7.29. The molecular weight excluding hydrogens is 194 g/mol. The van der Waals surface area contributed by atoms with Crippen molar-refractivity contribution in [1.82, 2.24) is 15.5 Å². The minimum Gasteiger partial charge on any atom is -0.353 e. The molecule has 15 heavy (non-hydrogen) atoms. The molecule has 5 nitrogen and oxygen atoms in total. The van der Waals surface area contributed by atoms with Crippen molar-refractivity contribution in [1.29, 1.82) is 0 Å². The summed E-state index contributed by atoms with van der Waals surface area (Å²) in [5.41, 5.74) is 0. The molecule has 0 aromatic rings. The molecule has 0 aliphatic carbocycles. The lowest BCUT2D eigenvalue weighted by molar-refractivity contribution is -0.134. The van der Waals surface area contributed by atoms with E-state index in [2.05, 4.69) is 17.2 Å². The van der Waals surface area contributed by atoms with E-state index in [1.165, 1.54) is 0 Å². The maximum Gasteiger partial charge on any atom is 0.241 e. The molecule has 2 amide bonds. The Kier molecular flexibility index (Phi) is 4.30. The van der Waals surface area contributed by atoms with Crippen LogP contribution in [0.3, 0.4) is 0 Å². The number of nitrogens with one attached hydrogen (secondary N) is 2. The number of nitrogens with zero attached hydrogens (tertiary/aromatic N) is 1. The highest BCUT2D eigenvalue weighted by Gasteiger charge is 2.26. The lowest BCUT2D eigenvalue weighted by Gasteiger charge is -2.28. The standard InChI is InChI=1S/C10H17N3O2/c1-3-5-13(4-2)10(15)8-6-12-9(14)7-11-8/h3,8,11H,1,4-7H2,2H3,(H,12,14). The van der Waals surface area contributed by atoms with E-state index in [1.54, 1.807) is 11.0 Å². The Labute approximate surface area is 89.5 Å². The van der Waals surface area contributed by atoms with E-state index in [-0.39, 0.29) is 24.4 Å². The Morgan fingerprint density at radius 1 is 1.73 bits per heavy atom. The van der Waals surface area contributed by atoms with Gasteiger partial charge in [-0.15, -0.1) is 6.58 Å². The molecule has 2 N–H and O–H groups in total. The smallest absolute Gasteiger partial charge is 0.241 e. The van der Waals surface area contributed by atoms with Crippen molar-refractivity contribution in [2.45, 2.75) is 13.0 Å². The lowest BCUT2D eigenvalue weighted by Crippen LogP contribution is -2.58. The van der Waals surface area contributed by atoms with Crippen LogP contribution >= 0.6 is 0 Å². The van der Waals surface area contributed by atoms with Crippen molar-refractivity contribution in [3.63, 3.8) is 0 Å². The zero-order chi connectivity index (χ0) is 11.3. The first-order chi connectivity index (χ1) is 7.19. The SMILES string of the molecule is C=CCN(CC)C(=O)C1CNC(=O)CN1. The van der Waals surface area contributed by atoms with Crippen molar-refractivity contribution in [3.8, 4) is 0 Å². The quantitative estimate of drug-likeness (QED) is 0.593. The monoisotopic (exact) mass is 211 g/mol. The van der Waals surface area contributed by atoms with Gasteiger partial charge in [0.05, 0.1) is 6.54 Å². The van der Waals surface area contributed by atoms with Crippen molar-refractivity contribution < 1.29 is 9.59 Å². The summed E-state index contributed by atoms with van der Waals surface area (Å²) in [7, 11) is 0. The third-order valence-electron chi connectivity index (χ3n) is 2.35. The van der Waals surface area contributed by atoms with Gasteiger partial charge in [0.1, 0.15) is 6.04 Å².